The van der Waals surface area contributed by atoms with Crippen LogP contribution in [0.1, 0.15) is 18.5 Å². The third kappa shape index (κ3) is 4.61. The van der Waals surface area contributed by atoms with Gasteiger partial charge in [0.2, 0.25) is 0 Å². The van der Waals surface area contributed by atoms with E-state index in [1.165, 1.54) is 0 Å². The van der Waals surface area contributed by atoms with Gasteiger partial charge in [-0.3, -0.25) is 0 Å². The normalized spacial score (nSPS) is 12.4. The lowest BCUT2D eigenvalue weighted by Crippen LogP contribution is -2.09. The Labute approximate surface area is 96.0 Å². The summed E-state index contributed by atoms with van der Waals surface area (Å²) in [5, 5.41) is 8.49. The molecule has 0 heterocycles. The second-order valence-corrected chi connectivity index (χ2v) is 3.54. The first-order chi connectivity index (χ1) is 7.74. The van der Waals surface area contributed by atoms with Crippen LogP contribution in [0, 0.1) is 0 Å². The summed E-state index contributed by atoms with van der Waals surface area (Å²) in [6, 6.07) is 7.74. The Balaban J connectivity index is 2.27. The first-order valence-corrected chi connectivity index (χ1v) is 5.41. The molecule has 0 aliphatic rings. The highest BCUT2D eigenvalue weighted by Gasteiger charge is 1.99. The molecule has 1 atom stereocenters. The summed E-state index contributed by atoms with van der Waals surface area (Å²) in [6.45, 7) is 3.31. The van der Waals surface area contributed by atoms with E-state index in [2.05, 4.69) is 0 Å². The number of hydrogen-bond donors (Lipinski definition) is 2. The highest BCUT2D eigenvalue weighted by Crippen LogP contribution is 2.15. The zero-order valence-corrected chi connectivity index (χ0v) is 9.56. The molecule has 0 radical (unpaired) electrons. The molecule has 0 bridgehead atoms. The van der Waals surface area contributed by atoms with Crippen molar-refractivity contribution in [1.29, 1.82) is 0 Å². The van der Waals surface area contributed by atoms with Crippen molar-refractivity contribution in [3.05, 3.63) is 29.8 Å². The minimum Gasteiger partial charge on any atom is -0.491 e. The second-order valence-electron chi connectivity index (χ2n) is 3.54. The summed E-state index contributed by atoms with van der Waals surface area (Å²) in [5.41, 5.74) is 6.82. The lowest BCUT2D eigenvalue weighted by Gasteiger charge is -2.09. The lowest BCUT2D eigenvalue weighted by molar-refractivity contribution is 0.0705. The minimum atomic E-state index is 0.0435. The number of aliphatic hydroxyl groups is 1. The highest BCUT2D eigenvalue weighted by molar-refractivity contribution is 5.28. The van der Waals surface area contributed by atoms with Crippen molar-refractivity contribution in [1.82, 2.24) is 0 Å². The summed E-state index contributed by atoms with van der Waals surface area (Å²) in [7, 11) is 0. The van der Waals surface area contributed by atoms with E-state index in [0.29, 0.717) is 19.8 Å². The molecule has 0 amide bonds. The van der Waals surface area contributed by atoms with E-state index in [1.807, 2.05) is 31.2 Å². The number of ether oxygens (including phenoxy) is 2. The van der Waals surface area contributed by atoms with Crippen LogP contribution in [0.4, 0.5) is 0 Å². The summed E-state index contributed by atoms with van der Waals surface area (Å²) >= 11 is 0. The highest BCUT2D eigenvalue weighted by atomic mass is 16.5. The Kier molecular flexibility index (Phi) is 5.85. The molecule has 1 rings (SSSR count). The Hall–Kier alpha value is -1.10. The van der Waals surface area contributed by atoms with Crippen molar-refractivity contribution >= 4 is 0 Å². The van der Waals surface area contributed by atoms with Gasteiger partial charge in [0.15, 0.2) is 0 Å². The molecule has 1 aromatic rings. The van der Waals surface area contributed by atoms with Gasteiger partial charge in [0, 0.05) is 6.04 Å². The van der Waals surface area contributed by atoms with Crippen LogP contribution in [0.15, 0.2) is 24.3 Å². The largest absolute Gasteiger partial charge is 0.491 e. The van der Waals surface area contributed by atoms with Crippen molar-refractivity contribution in [2.75, 3.05) is 26.4 Å². The zero-order valence-electron chi connectivity index (χ0n) is 9.56. The van der Waals surface area contributed by atoms with Gasteiger partial charge >= 0.3 is 0 Å². The molecule has 1 unspecified atom stereocenters. The quantitative estimate of drug-likeness (QED) is 0.682. The van der Waals surface area contributed by atoms with Crippen LogP contribution >= 0.6 is 0 Å². The standard InChI is InChI=1S/C12H19NO3/c1-10(13)11-2-4-12(5-3-11)16-9-8-15-7-6-14/h2-5,10,14H,6-9,13H2,1H3. The van der Waals surface area contributed by atoms with E-state index < -0.39 is 0 Å². The first kappa shape index (κ1) is 13.0. The maximum absolute atomic E-state index is 8.49. The molecule has 3 N–H and O–H groups in total. The summed E-state index contributed by atoms with van der Waals surface area (Å²) in [4.78, 5) is 0. The van der Waals surface area contributed by atoms with Gasteiger partial charge in [-0.15, -0.1) is 0 Å². The van der Waals surface area contributed by atoms with Crippen LogP contribution in [0.3, 0.4) is 0 Å². The van der Waals surface area contributed by atoms with Gasteiger partial charge in [0.25, 0.3) is 0 Å². The van der Waals surface area contributed by atoms with Crippen molar-refractivity contribution < 1.29 is 14.6 Å². The lowest BCUT2D eigenvalue weighted by atomic mass is 10.1. The van der Waals surface area contributed by atoms with Gasteiger partial charge in [0.1, 0.15) is 12.4 Å². The molecule has 4 nitrogen and oxygen atoms in total. The summed E-state index contributed by atoms with van der Waals surface area (Å²) in [5.74, 6) is 0.803. The molecule has 90 valence electrons. The zero-order chi connectivity index (χ0) is 11.8. The van der Waals surface area contributed by atoms with E-state index in [4.69, 9.17) is 20.3 Å². The number of nitrogens with two attached hydrogens (primary N) is 1. The van der Waals surface area contributed by atoms with Crippen LogP contribution in [-0.2, 0) is 4.74 Å². The van der Waals surface area contributed by atoms with Gasteiger partial charge in [-0.25, -0.2) is 0 Å². The first-order valence-electron chi connectivity index (χ1n) is 5.41. The molecule has 0 aromatic heterocycles. The molecule has 0 saturated heterocycles. The predicted octanol–water partition coefficient (Wildman–Crippen LogP) is 1.09. The Morgan fingerprint density at radius 1 is 1.19 bits per heavy atom. The molecule has 16 heavy (non-hydrogen) atoms. The second kappa shape index (κ2) is 7.22. The monoisotopic (exact) mass is 225 g/mol. The Bertz CT molecular complexity index is 285. The fourth-order valence-corrected chi connectivity index (χ4v) is 1.25. The molecular formula is C12H19NO3. The fraction of sp³-hybridized carbons (Fsp3) is 0.500. The number of benzene rings is 1. The Morgan fingerprint density at radius 3 is 2.44 bits per heavy atom. The minimum absolute atomic E-state index is 0.0435. The van der Waals surface area contributed by atoms with Crippen molar-refractivity contribution in [3.63, 3.8) is 0 Å². The van der Waals surface area contributed by atoms with Crippen LogP contribution in [0.5, 0.6) is 5.75 Å². The van der Waals surface area contributed by atoms with Gasteiger partial charge in [-0.1, -0.05) is 12.1 Å². The molecule has 4 heteroatoms. The third-order valence-electron chi connectivity index (χ3n) is 2.14. The molecule has 0 spiro atoms. The molecule has 0 fully saturated rings. The van der Waals surface area contributed by atoms with Crippen LogP contribution in [0.25, 0.3) is 0 Å². The average molecular weight is 225 g/mol. The summed E-state index contributed by atoms with van der Waals surface area (Å²) < 4.78 is 10.5. The van der Waals surface area contributed by atoms with Crippen molar-refractivity contribution in [2.45, 2.75) is 13.0 Å². The molecule has 0 aliphatic heterocycles. The fourth-order valence-electron chi connectivity index (χ4n) is 1.25. The van der Waals surface area contributed by atoms with E-state index in [0.717, 1.165) is 11.3 Å². The number of hydrogen-bond acceptors (Lipinski definition) is 4. The smallest absolute Gasteiger partial charge is 0.119 e. The van der Waals surface area contributed by atoms with Gasteiger partial charge in [-0.05, 0) is 24.6 Å². The van der Waals surface area contributed by atoms with Crippen LogP contribution in [0.2, 0.25) is 0 Å². The van der Waals surface area contributed by atoms with Gasteiger partial charge in [0.05, 0.1) is 19.8 Å². The molecule has 1 aromatic carbocycles. The summed E-state index contributed by atoms with van der Waals surface area (Å²) in [6.07, 6.45) is 0. The topological polar surface area (TPSA) is 64.7 Å². The van der Waals surface area contributed by atoms with Crippen LogP contribution < -0.4 is 10.5 Å². The SMILES string of the molecule is CC(N)c1ccc(OCCOCCO)cc1. The molecule has 0 saturated carbocycles. The molecule has 0 aliphatic carbocycles. The van der Waals surface area contributed by atoms with E-state index in [1.54, 1.807) is 0 Å². The Morgan fingerprint density at radius 2 is 1.88 bits per heavy atom. The predicted molar refractivity (Wildman–Crippen MR) is 62.4 cm³/mol. The van der Waals surface area contributed by atoms with Crippen molar-refractivity contribution in [2.24, 2.45) is 5.73 Å². The van der Waals surface area contributed by atoms with Gasteiger partial charge < -0.3 is 20.3 Å². The number of aliphatic hydroxyl groups excluding tert-OH is 1. The number of rotatable bonds is 7. The molecular weight excluding hydrogens is 206 g/mol. The van der Waals surface area contributed by atoms with E-state index in [-0.39, 0.29) is 12.6 Å². The maximum atomic E-state index is 8.49. The average Bonchev–Trinajstić information content (AvgIpc) is 2.29. The van der Waals surface area contributed by atoms with E-state index >= 15 is 0 Å². The van der Waals surface area contributed by atoms with Gasteiger partial charge in [-0.2, -0.15) is 0 Å². The maximum Gasteiger partial charge on any atom is 0.119 e. The van der Waals surface area contributed by atoms with Crippen molar-refractivity contribution in [3.8, 4) is 5.75 Å². The van der Waals surface area contributed by atoms with E-state index in [9.17, 15) is 0 Å². The van der Waals surface area contributed by atoms with Crippen LogP contribution in [-0.4, -0.2) is 31.5 Å². The third-order valence-corrected chi connectivity index (χ3v) is 2.14.